The maximum atomic E-state index is 13.4. The summed E-state index contributed by atoms with van der Waals surface area (Å²) >= 11 is 0. The van der Waals surface area contributed by atoms with Gasteiger partial charge in [0.15, 0.2) is 0 Å². The van der Waals surface area contributed by atoms with Crippen LogP contribution in [0.4, 0.5) is 19.1 Å². The first-order chi connectivity index (χ1) is 16.3. The second-order valence-corrected chi connectivity index (χ2v) is 9.05. The first-order valence-electron chi connectivity index (χ1n) is 11.4. The molecule has 3 aliphatic rings. The standard InChI is InChI=1S/C21H25F3N6O4/c22-21(23,24)15-7-25-20(27-18(15)34-14-9-33-10-14)26-13-3-1-2-11(6-13)17-29-28-16-5-4-12(19(31)32)8-30(16)17/h7,11-14H,1-6,8-10H2,(H,31,32)(H,25,26,27)/t11-,12?,13+/m0/s1. The predicted molar refractivity (Wildman–Crippen MR) is 110 cm³/mol. The molecule has 0 amide bonds. The molecule has 2 aromatic rings. The van der Waals surface area contributed by atoms with Gasteiger partial charge in [0.1, 0.15) is 23.3 Å². The van der Waals surface area contributed by atoms with Crippen molar-refractivity contribution >= 4 is 11.9 Å². The lowest BCUT2D eigenvalue weighted by Crippen LogP contribution is -2.39. The molecule has 0 spiro atoms. The van der Waals surface area contributed by atoms with Crippen molar-refractivity contribution in [3.8, 4) is 5.88 Å². The van der Waals surface area contributed by atoms with Crippen LogP contribution in [0.15, 0.2) is 6.20 Å². The van der Waals surface area contributed by atoms with Gasteiger partial charge >= 0.3 is 12.1 Å². The molecule has 3 atom stereocenters. The highest BCUT2D eigenvalue weighted by Gasteiger charge is 2.38. The molecule has 5 rings (SSSR count). The Hall–Kier alpha value is -2.96. The maximum Gasteiger partial charge on any atom is 0.423 e. The third kappa shape index (κ3) is 4.65. The molecule has 2 aliphatic heterocycles. The Balaban J connectivity index is 1.30. The Morgan fingerprint density at radius 3 is 2.76 bits per heavy atom. The van der Waals surface area contributed by atoms with Crippen LogP contribution < -0.4 is 10.1 Å². The number of carboxylic acid groups (broad SMARTS) is 1. The SMILES string of the molecule is O=C(O)C1CCc2nnc([C@H]3CCC[C@@H](Nc4ncc(C(F)(F)F)c(OC5COC5)n4)C3)n2C1. The highest BCUT2D eigenvalue weighted by molar-refractivity contribution is 5.70. The van der Waals surface area contributed by atoms with Gasteiger partial charge in [0.25, 0.3) is 0 Å². The van der Waals surface area contributed by atoms with Crippen molar-refractivity contribution in [3.05, 3.63) is 23.4 Å². The van der Waals surface area contributed by atoms with Gasteiger partial charge in [0.05, 0.1) is 19.1 Å². The third-order valence-electron chi connectivity index (χ3n) is 6.64. The van der Waals surface area contributed by atoms with Crippen LogP contribution in [0.5, 0.6) is 5.88 Å². The lowest BCUT2D eigenvalue weighted by atomic mass is 9.85. The fourth-order valence-corrected chi connectivity index (χ4v) is 4.75. The van der Waals surface area contributed by atoms with Gasteiger partial charge in [0.2, 0.25) is 11.8 Å². The Kier molecular flexibility index (Phi) is 6.04. The second-order valence-electron chi connectivity index (χ2n) is 9.05. The van der Waals surface area contributed by atoms with Gasteiger partial charge < -0.3 is 24.5 Å². The molecule has 1 saturated heterocycles. The summed E-state index contributed by atoms with van der Waals surface area (Å²) in [5.41, 5.74) is -1.02. The van der Waals surface area contributed by atoms with Crippen LogP contribution in [0.25, 0.3) is 0 Å². The van der Waals surface area contributed by atoms with Crippen LogP contribution in [0.3, 0.4) is 0 Å². The Morgan fingerprint density at radius 2 is 2.06 bits per heavy atom. The number of aryl methyl sites for hydroxylation is 1. The molecular weight excluding hydrogens is 457 g/mol. The number of ether oxygens (including phenoxy) is 2. The quantitative estimate of drug-likeness (QED) is 0.639. The number of fused-ring (bicyclic) bond motifs is 1. The van der Waals surface area contributed by atoms with Crippen LogP contribution >= 0.6 is 0 Å². The number of aromatic nitrogens is 5. The minimum atomic E-state index is -4.63. The van der Waals surface area contributed by atoms with Gasteiger partial charge in [-0.3, -0.25) is 4.79 Å². The van der Waals surface area contributed by atoms with Crippen LogP contribution in [-0.4, -0.2) is 61.2 Å². The first-order valence-corrected chi connectivity index (χ1v) is 11.4. The normalized spacial score (nSPS) is 25.3. The number of halogens is 3. The lowest BCUT2D eigenvalue weighted by Gasteiger charge is -2.31. The summed E-state index contributed by atoms with van der Waals surface area (Å²) in [6.07, 6.45) is -0.0255. The highest BCUT2D eigenvalue weighted by Crippen LogP contribution is 2.37. The molecule has 0 aromatic carbocycles. The summed E-state index contributed by atoms with van der Waals surface area (Å²) in [5, 5.41) is 21.2. The molecule has 0 radical (unpaired) electrons. The number of anilines is 1. The Labute approximate surface area is 192 Å². The molecule has 34 heavy (non-hydrogen) atoms. The Morgan fingerprint density at radius 1 is 1.24 bits per heavy atom. The van der Waals surface area contributed by atoms with E-state index in [0.29, 0.717) is 25.8 Å². The van der Waals surface area contributed by atoms with E-state index in [2.05, 4.69) is 25.5 Å². The summed E-state index contributed by atoms with van der Waals surface area (Å²) in [6, 6.07) is -0.0813. The van der Waals surface area contributed by atoms with E-state index in [4.69, 9.17) is 9.47 Å². The first kappa shape index (κ1) is 22.8. The number of rotatable bonds is 6. The van der Waals surface area contributed by atoms with Gasteiger partial charge in [-0.05, 0) is 25.7 Å². The number of nitrogens with one attached hydrogen (secondary N) is 1. The number of hydrogen-bond acceptors (Lipinski definition) is 8. The summed E-state index contributed by atoms with van der Waals surface area (Å²) < 4.78 is 52.4. The van der Waals surface area contributed by atoms with Crippen LogP contribution in [0.1, 0.15) is 55.2 Å². The Bertz CT molecular complexity index is 1060. The number of carbonyl (C=O) groups is 1. The van der Waals surface area contributed by atoms with E-state index in [1.165, 1.54) is 0 Å². The average molecular weight is 482 g/mol. The molecule has 184 valence electrons. The zero-order valence-corrected chi connectivity index (χ0v) is 18.3. The molecule has 10 nitrogen and oxygen atoms in total. The van der Waals surface area contributed by atoms with Crippen LogP contribution in [0, 0.1) is 5.92 Å². The van der Waals surface area contributed by atoms with Crippen molar-refractivity contribution in [2.24, 2.45) is 5.92 Å². The van der Waals surface area contributed by atoms with E-state index in [9.17, 15) is 23.1 Å². The third-order valence-corrected chi connectivity index (χ3v) is 6.64. The monoisotopic (exact) mass is 482 g/mol. The average Bonchev–Trinajstić information content (AvgIpc) is 3.19. The number of alkyl halides is 3. The zero-order valence-electron chi connectivity index (χ0n) is 18.3. The molecule has 1 aliphatic carbocycles. The molecule has 2 aromatic heterocycles. The largest absolute Gasteiger partial charge is 0.481 e. The molecule has 1 unspecified atom stereocenters. The zero-order chi connectivity index (χ0) is 23.9. The number of carboxylic acids is 1. The summed E-state index contributed by atoms with van der Waals surface area (Å²) in [7, 11) is 0. The van der Waals surface area contributed by atoms with E-state index in [-0.39, 0.29) is 31.1 Å². The lowest BCUT2D eigenvalue weighted by molar-refractivity contribution is -0.143. The predicted octanol–water partition coefficient (Wildman–Crippen LogP) is 2.65. The van der Waals surface area contributed by atoms with Crippen molar-refractivity contribution in [2.45, 2.75) is 69.3 Å². The van der Waals surface area contributed by atoms with Crippen molar-refractivity contribution < 1.29 is 32.5 Å². The summed E-state index contributed by atoms with van der Waals surface area (Å²) in [5.74, 6) is -0.0817. The van der Waals surface area contributed by atoms with Crippen LogP contribution in [-0.2, 0) is 28.7 Å². The molecule has 4 heterocycles. The molecule has 2 N–H and O–H groups in total. The summed E-state index contributed by atoms with van der Waals surface area (Å²) in [6.45, 7) is 0.800. The van der Waals surface area contributed by atoms with Gasteiger partial charge in [-0.1, -0.05) is 6.42 Å². The molecular formula is C21H25F3N6O4. The second kappa shape index (κ2) is 9.01. The van der Waals surface area contributed by atoms with Gasteiger partial charge in [0, 0.05) is 31.1 Å². The molecule has 2 fully saturated rings. The van der Waals surface area contributed by atoms with Gasteiger partial charge in [-0.2, -0.15) is 18.2 Å². The molecule has 1 saturated carbocycles. The number of nitrogens with zero attached hydrogens (tertiary/aromatic N) is 5. The van der Waals surface area contributed by atoms with E-state index in [1.54, 1.807) is 0 Å². The van der Waals surface area contributed by atoms with Crippen molar-refractivity contribution in [1.82, 2.24) is 24.7 Å². The molecule has 13 heteroatoms. The smallest absolute Gasteiger partial charge is 0.423 e. The van der Waals surface area contributed by atoms with Crippen molar-refractivity contribution in [3.63, 3.8) is 0 Å². The van der Waals surface area contributed by atoms with Crippen LogP contribution in [0.2, 0.25) is 0 Å². The summed E-state index contributed by atoms with van der Waals surface area (Å²) in [4.78, 5) is 19.4. The fourth-order valence-electron chi connectivity index (χ4n) is 4.75. The van der Waals surface area contributed by atoms with E-state index in [1.807, 2.05) is 4.57 Å². The molecule has 0 bridgehead atoms. The van der Waals surface area contributed by atoms with E-state index in [0.717, 1.165) is 37.1 Å². The highest BCUT2D eigenvalue weighted by atomic mass is 19.4. The van der Waals surface area contributed by atoms with Gasteiger partial charge in [-0.25, -0.2) is 4.98 Å². The topological polar surface area (TPSA) is 124 Å². The van der Waals surface area contributed by atoms with Crippen molar-refractivity contribution in [1.29, 1.82) is 0 Å². The minimum Gasteiger partial charge on any atom is -0.481 e. The fraction of sp³-hybridized carbons (Fsp3) is 0.667. The van der Waals surface area contributed by atoms with Crippen molar-refractivity contribution in [2.75, 3.05) is 18.5 Å². The van der Waals surface area contributed by atoms with E-state index >= 15 is 0 Å². The number of aliphatic carboxylic acids is 1. The van der Waals surface area contributed by atoms with E-state index < -0.39 is 35.6 Å². The minimum absolute atomic E-state index is 0.0531. The van der Waals surface area contributed by atoms with Gasteiger partial charge in [-0.15, -0.1) is 10.2 Å². The maximum absolute atomic E-state index is 13.4. The number of hydrogen-bond donors (Lipinski definition) is 2.